The minimum Gasteiger partial charge on any atom is -0.378 e. The summed E-state index contributed by atoms with van der Waals surface area (Å²) in [6.45, 7) is 0. The Kier molecular flexibility index (Phi) is 15.3. The summed E-state index contributed by atoms with van der Waals surface area (Å²) in [4.78, 5) is 4.13. The molecule has 0 unspecified atom stereocenters. The highest BCUT2D eigenvalue weighted by Gasteiger charge is 2.17. The molecule has 0 bridgehead atoms. The third-order valence-corrected chi connectivity index (χ3v) is 3.98. The van der Waals surface area contributed by atoms with Crippen LogP contribution in [-0.4, -0.2) is 28.2 Å². The van der Waals surface area contributed by atoms with E-state index in [4.69, 9.17) is 11.5 Å². The van der Waals surface area contributed by atoms with Gasteiger partial charge < -0.3 is 21.3 Å². The number of benzene rings is 2. The summed E-state index contributed by atoms with van der Waals surface area (Å²) in [5.74, 6) is 0. The zero-order chi connectivity index (χ0) is 16.3. The number of anilines is 2. The molecule has 26 heavy (non-hydrogen) atoms. The Morgan fingerprint density at radius 3 is 0.962 bits per heavy atom. The Balaban J connectivity index is -0.00000132. The van der Waals surface area contributed by atoms with E-state index in [1.165, 1.54) is 0 Å². The smallest absolute Gasteiger partial charge is 0.0491 e. The fraction of sp³-hybridized carbons (Fsp3) is 0.333. The van der Waals surface area contributed by atoms with Gasteiger partial charge in [0.2, 0.25) is 0 Å². The van der Waals surface area contributed by atoms with Gasteiger partial charge in [0.05, 0.1) is 0 Å². The van der Waals surface area contributed by atoms with Crippen LogP contribution in [-0.2, 0) is 0 Å². The van der Waals surface area contributed by atoms with Crippen LogP contribution in [0.25, 0.3) is 0 Å². The van der Waals surface area contributed by atoms with Crippen LogP contribution in [0.1, 0.15) is 23.2 Å². The van der Waals surface area contributed by atoms with E-state index in [1.54, 1.807) is 0 Å². The van der Waals surface area contributed by atoms with Gasteiger partial charge in [-0.15, -0.1) is 49.6 Å². The summed E-state index contributed by atoms with van der Waals surface area (Å²) in [6, 6.07) is 16.0. The highest BCUT2D eigenvalue weighted by molar-refractivity contribution is 5.86. The molecule has 4 N–H and O–H groups in total. The summed E-state index contributed by atoms with van der Waals surface area (Å²) in [6.07, 6.45) is 0. The predicted octanol–water partition coefficient (Wildman–Crippen LogP) is 4.21. The van der Waals surface area contributed by atoms with Gasteiger partial charge in [-0.05, 0) is 35.4 Å². The lowest BCUT2D eigenvalue weighted by Crippen LogP contribution is -2.26. The molecule has 2 aromatic rings. The van der Waals surface area contributed by atoms with Crippen molar-refractivity contribution in [2.24, 2.45) is 11.5 Å². The number of halogens is 4. The summed E-state index contributed by atoms with van der Waals surface area (Å²) < 4.78 is 0. The lowest BCUT2D eigenvalue weighted by molar-refractivity contribution is 0.574. The Labute approximate surface area is 181 Å². The molecule has 0 aliphatic heterocycles. The third kappa shape index (κ3) is 7.39. The molecule has 0 fully saturated rings. The van der Waals surface area contributed by atoms with Crippen molar-refractivity contribution in [2.75, 3.05) is 38.0 Å². The molecule has 8 heteroatoms. The lowest BCUT2D eigenvalue weighted by atomic mass is 9.94. The first-order valence-corrected chi connectivity index (χ1v) is 7.46. The molecule has 0 aliphatic carbocycles. The van der Waals surface area contributed by atoms with Crippen molar-refractivity contribution in [3.63, 3.8) is 0 Å². The SMILES string of the molecule is CN(C)c1ccc([C@H](N)[C@@H](N)c2ccc(N(C)C)cc2)cc1.Cl.Cl.Cl.Cl. The van der Waals surface area contributed by atoms with Crippen molar-refractivity contribution < 1.29 is 0 Å². The largest absolute Gasteiger partial charge is 0.378 e. The monoisotopic (exact) mass is 442 g/mol. The highest BCUT2D eigenvalue weighted by Crippen LogP contribution is 2.27. The molecule has 0 amide bonds. The first kappa shape index (κ1) is 29.9. The van der Waals surface area contributed by atoms with Gasteiger partial charge in [-0.3, -0.25) is 0 Å². The molecule has 4 nitrogen and oxygen atoms in total. The molecular weight excluding hydrogens is 414 g/mol. The van der Waals surface area contributed by atoms with Crippen LogP contribution < -0.4 is 21.3 Å². The Hall–Kier alpha value is -0.880. The van der Waals surface area contributed by atoms with Crippen LogP contribution in [0.4, 0.5) is 11.4 Å². The molecule has 2 atom stereocenters. The quantitative estimate of drug-likeness (QED) is 0.726. The van der Waals surface area contributed by atoms with Gasteiger partial charge in [0.1, 0.15) is 0 Å². The number of nitrogens with zero attached hydrogens (tertiary/aromatic N) is 2. The van der Waals surface area contributed by atoms with Crippen molar-refractivity contribution in [3.05, 3.63) is 59.7 Å². The first-order valence-electron chi connectivity index (χ1n) is 7.46. The molecule has 2 rings (SSSR count). The Morgan fingerprint density at radius 2 is 0.769 bits per heavy atom. The summed E-state index contributed by atoms with van der Waals surface area (Å²) >= 11 is 0. The number of rotatable bonds is 5. The van der Waals surface area contributed by atoms with Gasteiger partial charge in [-0.25, -0.2) is 0 Å². The minimum atomic E-state index is -0.221. The fourth-order valence-corrected chi connectivity index (χ4v) is 2.40. The average molecular weight is 444 g/mol. The van der Waals surface area contributed by atoms with E-state index in [0.717, 1.165) is 22.5 Å². The third-order valence-electron chi connectivity index (χ3n) is 3.98. The maximum Gasteiger partial charge on any atom is 0.0491 e. The number of nitrogens with two attached hydrogens (primary N) is 2. The van der Waals surface area contributed by atoms with E-state index >= 15 is 0 Å². The van der Waals surface area contributed by atoms with Crippen molar-refractivity contribution in [1.29, 1.82) is 0 Å². The molecule has 2 aromatic carbocycles. The summed E-state index contributed by atoms with van der Waals surface area (Å²) in [5.41, 5.74) is 17.1. The predicted molar refractivity (Wildman–Crippen MR) is 124 cm³/mol. The second kappa shape index (κ2) is 13.3. The minimum absolute atomic E-state index is 0. The van der Waals surface area contributed by atoms with Crippen LogP contribution in [0.3, 0.4) is 0 Å². The van der Waals surface area contributed by atoms with Gasteiger partial charge in [0.15, 0.2) is 0 Å². The van der Waals surface area contributed by atoms with Gasteiger partial charge in [0, 0.05) is 51.6 Å². The molecule has 0 heterocycles. The molecule has 0 aromatic heterocycles. The maximum atomic E-state index is 6.35. The van der Waals surface area contributed by atoms with E-state index in [2.05, 4.69) is 34.1 Å². The molecule has 0 saturated carbocycles. The molecule has 150 valence electrons. The normalized spacial score (nSPS) is 11.5. The molecule has 0 spiro atoms. The van der Waals surface area contributed by atoms with Crippen LogP contribution in [0.15, 0.2) is 48.5 Å². The number of hydrogen-bond acceptors (Lipinski definition) is 4. The zero-order valence-electron chi connectivity index (χ0n) is 15.5. The second-order valence-corrected chi connectivity index (χ2v) is 6.02. The summed E-state index contributed by atoms with van der Waals surface area (Å²) in [7, 11) is 8.08. The van der Waals surface area contributed by atoms with E-state index < -0.39 is 0 Å². The van der Waals surface area contributed by atoms with Gasteiger partial charge in [-0.2, -0.15) is 0 Å². The van der Waals surface area contributed by atoms with E-state index in [1.807, 2.05) is 52.5 Å². The Bertz CT molecular complexity index is 548. The zero-order valence-corrected chi connectivity index (χ0v) is 18.7. The van der Waals surface area contributed by atoms with Gasteiger partial charge in [-0.1, -0.05) is 24.3 Å². The van der Waals surface area contributed by atoms with E-state index in [0.29, 0.717) is 0 Å². The number of hydrogen-bond donors (Lipinski definition) is 2. The van der Waals surface area contributed by atoms with Crippen molar-refractivity contribution in [3.8, 4) is 0 Å². The van der Waals surface area contributed by atoms with E-state index in [-0.39, 0.29) is 61.7 Å². The van der Waals surface area contributed by atoms with Crippen molar-refractivity contribution >= 4 is 61.0 Å². The second-order valence-electron chi connectivity index (χ2n) is 6.02. The summed E-state index contributed by atoms with van der Waals surface area (Å²) in [5, 5.41) is 0. The van der Waals surface area contributed by atoms with Crippen LogP contribution in [0.5, 0.6) is 0 Å². The van der Waals surface area contributed by atoms with Crippen LogP contribution in [0, 0.1) is 0 Å². The van der Waals surface area contributed by atoms with Crippen LogP contribution in [0.2, 0.25) is 0 Å². The van der Waals surface area contributed by atoms with Crippen molar-refractivity contribution in [1.82, 2.24) is 0 Å². The first-order chi connectivity index (χ1) is 10.4. The maximum absolute atomic E-state index is 6.35. The Morgan fingerprint density at radius 1 is 0.538 bits per heavy atom. The van der Waals surface area contributed by atoms with Gasteiger partial charge in [0.25, 0.3) is 0 Å². The van der Waals surface area contributed by atoms with Gasteiger partial charge >= 0.3 is 0 Å². The molecule has 0 saturated heterocycles. The topological polar surface area (TPSA) is 58.5 Å². The average Bonchev–Trinajstić information content (AvgIpc) is 2.53. The fourth-order valence-electron chi connectivity index (χ4n) is 2.40. The van der Waals surface area contributed by atoms with E-state index in [9.17, 15) is 0 Å². The molecule has 0 radical (unpaired) electrons. The molecular formula is C18H30Cl4N4. The van der Waals surface area contributed by atoms with Crippen LogP contribution >= 0.6 is 49.6 Å². The van der Waals surface area contributed by atoms with Crippen molar-refractivity contribution in [2.45, 2.75) is 12.1 Å². The highest BCUT2D eigenvalue weighted by atomic mass is 35.5. The molecule has 0 aliphatic rings. The lowest BCUT2D eigenvalue weighted by Gasteiger charge is -2.22. The standard InChI is InChI=1S/C18H26N4.4ClH/c1-21(2)15-9-5-13(6-10-15)17(19)18(20)14-7-11-16(12-8-14)22(3)4;;;;/h5-12,17-18H,19-20H2,1-4H3;4*1H/t17-,18-;;;;/m0..../s1.